The second-order valence-electron chi connectivity index (χ2n) is 3.87. The SMILES string of the molecule is CN1C(=O)CC(C(=O)O)c2cc(F)cc(F)c21. The molecule has 1 aliphatic rings. The quantitative estimate of drug-likeness (QED) is 0.810. The van der Waals surface area contributed by atoms with Crippen LogP contribution in [0.1, 0.15) is 17.9 Å². The first-order valence-electron chi connectivity index (χ1n) is 4.90. The molecular weight excluding hydrogens is 232 g/mol. The number of nitrogens with zero attached hydrogens (tertiary/aromatic N) is 1. The summed E-state index contributed by atoms with van der Waals surface area (Å²) in [5.41, 5.74) is -0.160. The lowest BCUT2D eigenvalue weighted by Crippen LogP contribution is -2.36. The maximum absolute atomic E-state index is 13.6. The Morgan fingerprint density at radius 1 is 1.47 bits per heavy atom. The highest BCUT2D eigenvalue weighted by Crippen LogP contribution is 2.37. The van der Waals surface area contributed by atoms with Crippen molar-refractivity contribution in [1.82, 2.24) is 0 Å². The summed E-state index contributed by atoms with van der Waals surface area (Å²) >= 11 is 0. The van der Waals surface area contributed by atoms with Crippen molar-refractivity contribution in [2.24, 2.45) is 0 Å². The molecule has 2 rings (SSSR count). The van der Waals surface area contributed by atoms with E-state index in [4.69, 9.17) is 5.11 Å². The van der Waals surface area contributed by atoms with Crippen LogP contribution in [0.15, 0.2) is 12.1 Å². The van der Waals surface area contributed by atoms with Gasteiger partial charge in [-0.3, -0.25) is 9.59 Å². The second-order valence-corrected chi connectivity index (χ2v) is 3.87. The van der Waals surface area contributed by atoms with Crippen molar-refractivity contribution in [2.45, 2.75) is 12.3 Å². The fourth-order valence-electron chi connectivity index (χ4n) is 1.97. The average Bonchev–Trinajstić information content (AvgIpc) is 2.21. The normalized spacial score (nSPS) is 19.1. The lowest BCUT2D eigenvalue weighted by Gasteiger charge is -2.29. The Hall–Kier alpha value is -1.98. The molecule has 0 spiro atoms. The van der Waals surface area contributed by atoms with Gasteiger partial charge in [-0.2, -0.15) is 0 Å². The van der Waals surface area contributed by atoms with E-state index in [1.165, 1.54) is 7.05 Å². The number of benzene rings is 1. The van der Waals surface area contributed by atoms with E-state index in [0.29, 0.717) is 6.07 Å². The monoisotopic (exact) mass is 241 g/mol. The van der Waals surface area contributed by atoms with Crippen LogP contribution in [0.5, 0.6) is 0 Å². The first-order valence-corrected chi connectivity index (χ1v) is 4.90. The van der Waals surface area contributed by atoms with Gasteiger partial charge in [-0.1, -0.05) is 0 Å². The van der Waals surface area contributed by atoms with Crippen molar-refractivity contribution >= 4 is 17.6 Å². The highest BCUT2D eigenvalue weighted by atomic mass is 19.1. The lowest BCUT2D eigenvalue weighted by atomic mass is 9.89. The van der Waals surface area contributed by atoms with Crippen LogP contribution in [0.25, 0.3) is 0 Å². The third kappa shape index (κ3) is 1.75. The number of hydrogen-bond acceptors (Lipinski definition) is 2. The molecule has 1 atom stereocenters. The van der Waals surface area contributed by atoms with Gasteiger partial charge < -0.3 is 10.0 Å². The summed E-state index contributed by atoms with van der Waals surface area (Å²) in [4.78, 5) is 23.5. The highest BCUT2D eigenvalue weighted by Gasteiger charge is 2.36. The number of carboxylic acids is 1. The molecule has 0 saturated carbocycles. The van der Waals surface area contributed by atoms with Crippen molar-refractivity contribution in [3.8, 4) is 0 Å². The molecule has 90 valence electrons. The Morgan fingerprint density at radius 2 is 2.12 bits per heavy atom. The molecule has 1 N–H and O–H groups in total. The number of amides is 1. The molecule has 1 unspecified atom stereocenters. The summed E-state index contributed by atoms with van der Waals surface area (Å²) in [5, 5.41) is 8.96. The summed E-state index contributed by atoms with van der Waals surface area (Å²) < 4.78 is 26.6. The number of halogens is 2. The molecule has 0 bridgehead atoms. The first-order chi connectivity index (χ1) is 7.91. The van der Waals surface area contributed by atoms with Gasteiger partial charge in [-0.15, -0.1) is 0 Å². The van der Waals surface area contributed by atoms with E-state index in [2.05, 4.69) is 0 Å². The second kappa shape index (κ2) is 3.80. The van der Waals surface area contributed by atoms with Crippen molar-refractivity contribution in [3.05, 3.63) is 29.3 Å². The molecule has 0 aromatic heterocycles. The highest BCUT2D eigenvalue weighted by molar-refractivity contribution is 6.01. The molecule has 0 aliphatic carbocycles. The maximum atomic E-state index is 13.6. The summed E-state index contributed by atoms with van der Waals surface area (Å²) in [6, 6.07) is 1.59. The van der Waals surface area contributed by atoms with Gasteiger partial charge in [0.2, 0.25) is 5.91 Å². The van der Waals surface area contributed by atoms with Gasteiger partial charge in [0.1, 0.15) is 11.6 Å². The van der Waals surface area contributed by atoms with Gasteiger partial charge >= 0.3 is 5.97 Å². The first kappa shape index (κ1) is 11.5. The Balaban J connectivity index is 2.68. The molecule has 0 fully saturated rings. The van der Waals surface area contributed by atoms with E-state index in [1.807, 2.05) is 0 Å². The van der Waals surface area contributed by atoms with Gasteiger partial charge in [0.15, 0.2) is 0 Å². The minimum absolute atomic E-state index is 0.00269. The smallest absolute Gasteiger partial charge is 0.311 e. The summed E-state index contributed by atoms with van der Waals surface area (Å²) in [6.45, 7) is 0. The van der Waals surface area contributed by atoms with Crippen LogP contribution in [0, 0.1) is 11.6 Å². The van der Waals surface area contributed by atoms with E-state index in [9.17, 15) is 18.4 Å². The molecule has 4 nitrogen and oxygen atoms in total. The minimum Gasteiger partial charge on any atom is -0.481 e. The van der Waals surface area contributed by atoms with E-state index >= 15 is 0 Å². The number of carbonyl (C=O) groups excluding carboxylic acids is 1. The summed E-state index contributed by atoms with van der Waals surface area (Å²) in [5.74, 6) is -4.75. The van der Waals surface area contributed by atoms with Gasteiger partial charge in [0.25, 0.3) is 0 Å². The fourth-order valence-corrected chi connectivity index (χ4v) is 1.97. The summed E-state index contributed by atoms with van der Waals surface area (Å²) in [6.07, 6.45) is -0.290. The molecule has 0 saturated heterocycles. The van der Waals surface area contributed by atoms with Gasteiger partial charge in [0.05, 0.1) is 11.6 Å². The van der Waals surface area contributed by atoms with Crippen LogP contribution >= 0.6 is 0 Å². The fraction of sp³-hybridized carbons (Fsp3) is 0.273. The van der Waals surface area contributed by atoms with Crippen LogP contribution in [0.2, 0.25) is 0 Å². The van der Waals surface area contributed by atoms with E-state index in [-0.39, 0.29) is 17.7 Å². The zero-order chi connectivity index (χ0) is 12.7. The van der Waals surface area contributed by atoms with Crippen LogP contribution in [-0.4, -0.2) is 24.0 Å². The molecule has 1 aliphatic heterocycles. The van der Waals surface area contributed by atoms with Gasteiger partial charge in [-0.05, 0) is 11.6 Å². The van der Waals surface area contributed by atoms with Gasteiger partial charge in [0, 0.05) is 19.5 Å². The number of anilines is 1. The Labute approximate surface area is 95.5 Å². The van der Waals surface area contributed by atoms with Crippen LogP contribution in [-0.2, 0) is 9.59 Å². The van der Waals surface area contributed by atoms with E-state index in [0.717, 1.165) is 11.0 Å². The number of carbonyl (C=O) groups is 2. The number of aliphatic carboxylic acids is 1. The minimum atomic E-state index is -1.27. The van der Waals surface area contributed by atoms with Crippen molar-refractivity contribution in [2.75, 3.05) is 11.9 Å². The standard InChI is InChI=1S/C11H9F2NO3/c1-14-9(15)4-7(11(16)17)6-2-5(12)3-8(13)10(6)14/h2-3,7H,4H2,1H3,(H,16,17). The molecule has 1 amide bonds. The zero-order valence-corrected chi connectivity index (χ0v) is 8.91. The van der Waals surface area contributed by atoms with Crippen molar-refractivity contribution in [3.63, 3.8) is 0 Å². The third-order valence-corrected chi connectivity index (χ3v) is 2.82. The van der Waals surface area contributed by atoms with Crippen molar-refractivity contribution < 1.29 is 23.5 Å². The third-order valence-electron chi connectivity index (χ3n) is 2.82. The molecule has 1 heterocycles. The molecular formula is C11H9F2NO3. The molecule has 17 heavy (non-hydrogen) atoms. The van der Waals surface area contributed by atoms with Gasteiger partial charge in [-0.25, -0.2) is 8.78 Å². The number of fused-ring (bicyclic) bond motifs is 1. The number of hydrogen-bond donors (Lipinski definition) is 1. The number of rotatable bonds is 1. The Kier molecular flexibility index (Phi) is 2.57. The Bertz CT molecular complexity index is 516. The lowest BCUT2D eigenvalue weighted by molar-refractivity contribution is -0.140. The zero-order valence-electron chi connectivity index (χ0n) is 8.91. The maximum Gasteiger partial charge on any atom is 0.311 e. The number of carboxylic acid groups (broad SMARTS) is 1. The van der Waals surface area contributed by atoms with Crippen molar-refractivity contribution in [1.29, 1.82) is 0 Å². The summed E-state index contributed by atoms with van der Waals surface area (Å²) in [7, 11) is 1.33. The average molecular weight is 241 g/mol. The largest absolute Gasteiger partial charge is 0.481 e. The predicted molar refractivity (Wildman–Crippen MR) is 54.8 cm³/mol. The molecule has 1 aromatic rings. The Morgan fingerprint density at radius 3 is 2.71 bits per heavy atom. The topological polar surface area (TPSA) is 57.6 Å². The molecule has 6 heteroatoms. The van der Waals surface area contributed by atoms with Crippen LogP contribution in [0.4, 0.5) is 14.5 Å². The van der Waals surface area contributed by atoms with E-state index < -0.39 is 29.4 Å². The van der Waals surface area contributed by atoms with E-state index in [1.54, 1.807) is 0 Å². The molecule has 1 aromatic carbocycles. The van der Waals surface area contributed by atoms with Crippen LogP contribution in [0.3, 0.4) is 0 Å². The van der Waals surface area contributed by atoms with Crippen LogP contribution < -0.4 is 4.90 Å². The predicted octanol–water partition coefficient (Wildman–Crippen LogP) is 1.50. The molecule has 0 radical (unpaired) electrons.